The smallest absolute Gasteiger partial charge is 0.335 e. The van der Waals surface area contributed by atoms with Gasteiger partial charge in [0.2, 0.25) is 15.9 Å². The second-order valence-electron chi connectivity index (χ2n) is 6.54. The van der Waals surface area contributed by atoms with Gasteiger partial charge in [0.15, 0.2) is 0 Å². The zero-order chi connectivity index (χ0) is 26.2. The number of amidine groups is 1. The Bertz CT molecular complexity index is 1300. The SMILES string of the molecule is Clc1nc(Cl)nc(Cl)n1.O=C(O)c1cccc(N=C2C=C(Cl)NN(Nc3cccc(C(=O)O)c3)N2)c1. The van der Waals surface area contributed by atoms with Crippen molar-refractivity contribution >= 4 is 75.6 Å². The maximum Gasteiger partial charge on any atom is 0.335 e. The predicted molar refractivity (Wildman–Crippen MR) is 134 cm³/mol. The average molecular weight is 572 g/mol. The summed E-state index contributed by atoms with van der Waals surface area (Å²) in [6.07, 6.45) is 1.51. The minimum atomic E-state index is -1.05. The summed E-state index contributed by atoms with van der Waals surface area (Å²) in [6, 6.07) is 12.3. The normalized spacial score (nSPS) is 14.0. The molecule has 5 N–H and O–H groups in total. The maximum atomic E-state index is 11.1. The molecule has 12 nitrogen and oxygen atoms in total. The van der Waals surface area contributed by atoms with Crippen LogP contribution in [-0.2, 0) is 0 Å². The Hall–Kier alpha value is -3.68. The summed E-state index contributed by atoms with van der Waals surface area (Å²) in [7, 11) is 0. The molecule has 16 heteroatoms. The largest absolute Gasteiger partial charge is 0.478 e. The molecule has 1 aliphatic rings. The first kappa shape index (κ1) is 26.9. The number of aromatic nitrogens is 3. The summed E-state index contributed by atoms with van der Waals surface area (Å²) in [5, 5.41) is 19.7. The number of anilines is 1. The number of halogens is 4. The van der Waals surface area contributed by atoms with Crippen molar-refractivity contribution in [1.82, 2.24) is 31.0 Å². The molecule has 0 fully saturated rings. The lowest BCUT2D eigenvalue weighted by Gasteiger charge is -2.29. The highest BCUT2D eigenvalue weighted by Gasteiger charge is 2.15. The Morgan fingerprint density at radius 2 is 1.39 bits per heavy atom. The highest BCUT2D eigenvalue weighted by Crippen LogP contribution is 2.17. The average Bonchev–Trinajstić information content (AvgIpc) is 2.78. The lowest BCUT2D eigenvalue weighted by atomic mass is 10.2. The van der Waals surface area contributed by atoms with Crippen LogP contribution in [-0.4, -0.2) is 48.2 Å². The van der Waals surface area contributed by atoms with Gasteiger partial charge in [-0.25, -0.2) is 14.6 Å². The Labute approximate surface area is 223 Å². The molecule has 0 spiro atoms. The Balaban J connectivity index is 0.000000338. The number of hydrogen-bond acceptors (Lipinski definition) is 9. The first-order valence-electron chi connectivity index (χ1n) is 9.54. The van der Waals surface area contributed by atoms with Crippen LogP contribution in [0.4, 0.5) is 11.4 Å². The number of aliphatic imine (C=N–C) groups is 1. The van der Waals surface area contributed by atoms with Crippen LogP contribution in [0.25, 0.3) is 0 Å². The van der Waals surface area contributed by atoms with Gasteiger partial charge in [0.1, 0.15) is 11.0 Å². The van der Waals surface area contributed by atoms with Gasteiger partial charge < -0.3 is 10.2 Å². The van der Waals surface area contributed by atoms with Crippen molar-refractivity contribution in [2.75, 3.05) is 5.43 Å². The van der Waals surface area contributed by atoms with Gasteiger partial charge in [0.05, 0.1) is 22.5 Å². The number of rotatable bonds is 5. The topological polar surface area (TPSA) is 165 Å². The molecule has 0 radical (unpaired) electrons. The van der Waals surface area contributed by atoms with Crippen molar-refractivity contribution in [3.63, 3.8) is 0 Å². The molecule has 3 aromatic rings. The summed E-state index contributed by atoms with van der Waals surface area (Å²) in [6.45, 7) is 0. The molecule has 0 unspecified atom stereocenters. The van der Waals surface area contributed by atoms with E-state index >= 15 is 0 Å². The van der Waals surface area contributed by atoms with E-state index in [2.05, 4.69) is 36.2 Å². The molecule has 1 aromatic heterocycles. The van der Waals surface area contributed by atoms with E-state index in [-0.39, 0.29) is 32.1 Å². The van der Waals surface area contributed by atoms with Crippen molar-refractivity contribution in [2.45, 2.75) is 0 Å². The molecule has 1 aliphatic heterocycles. The molecule has 2 heterocycles. The van der Waals surface area contributed by atoms with Crippen molar-refractivity contribution in [1.29, 1.82) is 0 Å². The number of aromatic carboxylic acids is 2. The third-order valence-electron chi connectivity index (χ3n) is 3.96. The first-order valence-corrected chi connectivity index (χ1v) is 11.1. The monoisotopic (exact) mass is 570 g/mol. The molecule has 0 amide bonds. The summed E-state index contributed by atoms with van der Waals surface area (Å²) in [5.74, 6) is -1.76. The lowest BCUT2D eigenvalue weighted by molar-refractivity contribution is 0.0686. The van der Waals surface area contributed by atoms with Crippen LogP contribution in [0.3, 0.4) is 0 Å². The highest BCUT2D eigenvalue weighted by atomic mass is 35.5. The van der Waals surface area contributed by atoms with Gasteiger partial charge in [0, 0.05) is 6.08 Å². The highest BCUT2D eigenvalue weighted by molar-refractivity contribution is 6.33. The van der Waals surface area contributed by atoms with Crippen LogP contribution in [0.2, 0.25) is 15.9 Å². The van der Waals surface area contributed by atoms with Crippen molar-refractivity contribution < 1.29 is 19.8 Å². The number of hydrogen-bond donors (Lipinski definition) is 5. The lowest BCUT2D eigenvalue weighted by Crippen LogP contribution is -2.55. The van der Waals surface area contributed by atoms with Gasteiger partial charge in [-0.1, -0.05) is 23.7 Å². The first-order chi connectivity index (χ1) is 17.1. The molecule has 0 aliphatic carbocycles. The van der Waals surface area contributed by atoms with E-state index in [9.17, 15) is 9.59 Å². The van der Waals surface area contributed by atoms with Gasteiger partial charge in [-0.15, -0.1) is 0 Å². The molecule has 0 bridgehead atoms. The minimum Gasteiger partial charge on any atom is -0.478 e. The van der Waals surface area contributed by atoms with E-state index in [1.165, 1.54) is 35.6 Å². The van der Waals surface area contributed by atoms with Gasteiger partial charge in [-0.2, -0.15) is 15.0 Å². The van der Waals surface area contributed by atoms with Crippen molar-refractivity contribution in [2.24, 2.45) is 4.99 Å². The molecule has 0 saturated carbocycles. The molecule has 36 heavy (non-hydrogen) atoms. The summed E-state index contributed by atoms with van der Waals surface area (Å²) in [5.41, 5.74) is 9.71. The van der Waals surface area contributed by atoms with Crippen LogP contribution in [0, 0.1) is 0 Å². The quantitative estimate of drug-likeness (QED) is 0.276. The van der Waals surface area contributed by atoms with Gasteiger partial charge in [-0.3, -0.25) is 16.3 Å². The molecular formula is C20H14Cl4N8O4. The Morgan fingerprint density at radius 1 is 0.833 bits per heavy atom. The molecular weight excluding hydrogens is 558 g/mol. The number of carboxylic acid groups (broad SMARTS) is 2. The van der Waals surface area contributed by atoms with Gasteiger partial charge in [-0.05, 0) is 76.4 Å². The molecule has 186 valence electrons. The molecule has 0 saturated heterocycles. The fourth-order valence-corrected chi connectivity index (χ4v) is 3.35. The van der Waals surface area contributed by atoms with E-state index < -0.39 is 11.9 Å². The number of carboxylic acids is 2. The number of carbonyl (C=O) groups is 2. The van der Waals surface area contributed by atoms with Crippen LogP contribution in [0.15, 0.2) is 64.8 Å². The van der Waals surface area contributed by atoms with E-state index in [4.69, 9.17) is 56.6 Å². The number of nitrogens with one attached hydrogen (secondary N) is 3. The van der Waals surface area contributed by atoms with Crippen molar-refractivity contribution in [3.05, 3.63) is 86.7 Å². The third kappa shape index (κ3) is 8.22. The van der Waals surface area contributed by atoms with Crippen LogP contribution < -0.4 is 16.3 Å². The summed E-state index contributed by atoms with van der Waals surface area (Å²) in [4.78, 5) is 36.8. The van der Waals surface area contributed by atoms with Crippen molar-refractivity contribution in [3.8, 4) is 0 Å². The van der Waals surface area contributed by atoms with E-state index in [0.29, 0.717) is 17.2 Å². The molecule has 4 rings (SSSR count). The number of benzene rings is 2. The summed E-state index contributed by atoms with van der Waals surface area (Å²) < 4.78 is 0. The maximum absolute atomic E-state index is 11.1. The molecule has 2 aromatic carbocycles. The van der Waals surface area contributed by atoms with Gasteiger partial charge in [0.25, 0.3) is 0 Å². The van der Waals surface area contributed by atoms with Gasteiger partial charge >= 0.3 is 11.9 Å². The number of nitrogens with zero attached hydrogens (tertiary/aromatic N) is 5. The second kappa shape index (κ2) is 12.3. The van der Waals surface area contributed by atoms with Crippen LogP contribution in [0.5, 0.6) is 0 Å². The Kier molecular flexibility index (Phi) is 9.22. The molecule has 0 atom stereocenters. The summed E-state index contributed by atoms with van der Waals surface area (Å²) >= 11 is 22.0. The Morgan fingerprint density at radius 3 is 1.97 bits per heavy atom. The standard InChI is InChI=1S/C17H14ClN5O4.C3Cl3N3/c18-14-9-15(19-12-5-1-3-10(7-12)16(24)25)22-23(21-14)20-13-6-2-4-11(8-13)17(26)27;4-1-7-2(5)9-3(6)8-1/h1-9,20-21H,(H,19,22)(H,24,25)(H,26,27);. The number of hydrazine groups is 3. The minimum absolute atomic E-state index is 0.000000000000000444. The fraction of sp³-hybridized carbons (Fsp3) is 0. The fourth-order valence-electron chi connectivity index (χ4n) is 2.55. The second-order valence-corrected chi connectivity index (χ2v) is 7.97. The van der Waals surface area contributed by atoms with E-state index in [0.717, 1.165) is 0 Å². The third-order valence-corrected chi connectivity index (χ3v) is 4.66. The van der Waals surface area contributed by atoms with E-state index in [1.54, 1.807) is 24.3 Å². The zero-order valence-electron chi connectivity index (χ0n) is 17.7. The van der Waals surface area contributed by atoms with Crippen LogP contribution >= 0.6 is 46.4 Å². The predicted octanol–water partition coefficient (Wildman–Crippen LogP) is 4.38. The van der Waals surface area contributed by atoms with E-state index in [1.807, 2.05) is 0 Å². The van der Waals surface area contributed by atoms with Crippen LogP contribution in [0.1, 0.15) is 20.7 Å². The zero-order valence-corrected chi connectivity index (χ0v) is 20.7.